The zero-order valence-corrected chi connectivity index (χ0v) is 20.9. The van der Waals surface area contributed by atoms with Crippen molar-refractivity contribution in [1.29, 1.82) is 0 Å². The maximum atomic E-state index is 14.5. The SMILES string of the molecule is CC(C)C#CC(O)(c1cc(F)ccc1NC(c1ccccc1)(c1ccccc1)c1ccccc1)C(F)(F)F. The molecule has 0 spiro atoms. The number of hydrogen-bond donors (Lipinski definition) is 2. The largest absolute Gasteiger partial charge is 0.433 e. The van der Waals surface area contributed by atoms with Gasteiger partial charge in [-0.15, -0.1) is 0 Å². The van der Waals surface area contributed by atoms with E-state index < -0.39 is 34.6 Å². The summed E-state index contributed by atoms with van der Waals surface area (Å²) in [6, 6.07) is 30.7. The van der Waals surface area contributed by atoms with Crippen LogP contribution in [0.5, 0.6) is 0 Å². The van der Waals surface area contributed by atoms with Gasteiger partial charge in [-0.2, -0.15) is 13.2 Å². The maximum absolute atomic E-state index is 14.5. The van der Waals surface area contributed by atoms with E-state index in [-0.39, 0.29) is 5.69 Å². The Morgan fingerprint density at radius 2 is 1.16 bits per heavy atom. The molecule has 0 bridgehead atoms. The van der Waals surface area contributed by atoms with Gasteiger partial charge in [-0.25, -0.2) is 4.39 Å². The van der Waals surface area contributed by atoms with Gasteiger partial charge in [0.2, 0.25) is 5.60 Å². The Morgan fingerprint density at radius 1 is 0.711 bits per heavy atom. The van der Waals surface area contributed by atoms with Gasteiger partial charge in [0.05, 0.1) is 0 Å². The lowest BCUT2D eigenvalue weighted by Gasteiger charge is -2.39. The number of nitrogens with one attached hydrogen (secondary N) is 1. The molecule has 1 unspecified atom stereocenters. The van der Waals surface area contributed by atoms with Gasteiger partial charge in [0.15, 0.2) is 0 Å². The van der Waals surface area contributed by atoms with Crippen LogP contribution in [0.2, 0.25) is 0 Å². The van der Waals surface area contributed by atoms with Crippen molar-refractivity contribution >= 4 is 5.69 Å². The highest BCUT2D eigenvalue weighted by atomic mass is 19.4. The quantitative estimate of drug-likeness (QED) is 0.157. The van der Waals surface area contributed by atoms with E-state index in [1.165, 1.54) is 6.07 Å². The van der Waals surface area contributed by atoms with Crippen LogP contribution in [-0.2, 0) is 11.1 Å². The van der Waals surface area contributed by atoms with E-state index in [1.807, 2.05) is 96.9 Å². The van der Waals surface area contributed by atoms with Crippen molar-refractivity contribution in [3.05, 3.63) is 137 Å². The van der Waals surface area contributed by atoms with Gasteiger partial charge in [-0.3, -0.25) is 0 Å². The second-order valence-electron chi connectivity index (χ2n) is 9.30. The van der Waals surface area contributed by atoms with Crippen LogP contribution in [0.15, 0.2) is 109 Å². The molecule has 4 aromatic rings. The Balaban J connectivity index is 2.06. The summed E-state index contributed by atoms with van der Waals surface area (Å²) < 4.78 is 57.9. The van der Waals surface area contributed by atoms with E-state index in [9.17, 15) is 22.7 Å². The first-order valence-corrected chi connectivity index (χ1v) is 12.1. The molecule has 0 heterocycles. The smallest absolute Gasteiger partial charge is 0.368 e. The van der Waals surface area contributed by atoms with Crippen molar-refractivity contribution in [1.82, 2.24) is 0 Å². The Labute approximate surface area is 220 Å². The van der Waals surface area contributed by atoms with Gasteiger partial charge < -0.3 is 10.4 Å². The third kappa shape index (κ3) is 5.16. The molecule has 1 atom stereocenters. The molecule has 0 aromatic heterocycles. The molecule has 2 N–H and O–H groups in total. The van der Waals surface area contributed by atoms with E-state index >= 15 is 0 Å². The lowest BCUT2D eigenvalue weighted by atomic mass is 9.76. The minimum Gasteiger partial charge on any atom is -0.368 e. The number of halogens is 4. The van der Waals surface area contributed by atoms with Crippen molar-refractivity contribution in [2.24, 2.45) is 5.92 Å². The van der Waals surface area contributed by atoms with Crippen LogP contribution in [0.25, 0.3) is 0 Å². The average Bonchev–Trinajstić information content (AvgIpc) is 2.92. The summed E-state index contributed by atoms with van der Waals surface area (Å²) in [4.78, 5) is 0. The standard InChI is InChI=1S/C32H27F4NO/c1-23(2)20-21-30(38,32(34,35)36)28-22-27(33)18-19-29(28)37-31(24-12-6-3-7-13-24,25-14-8-4-9-15-25)26-16-10-5-11-17-26/h3-19,22-23,37-38H,1-2H3. The van der Waals surface area contributed by atoms with E-state index in [0.29, 0.717) is 6.07 Å². The second kappa shape index (κ2) is 10.7. The zero-order chi connectivity index (χ0) is 27.4. The highest BCUT2D eigenvalue weighted by Gasteiger charge is 2.56. The number of hydrogen-bond acceptors (Lipinski definition) is 2. The van der Waals surface area contributed by atoms with E-state index in [4.69, 9.17) is 0 Å². The molecule has 4 rings (SSSR count). The van der Waals surface area contributed by atoms with Crippen molar-refractivity contribution < 1.29 is 22.7 Å². The number of rotatable bonds is 6. The molecule has 0 aliphatic rings. The number of aliphatic hydroxyl groups is 1. The number of alkyl halides is 3. The van der Waals surface area contributed by atoms with E-state index in [1.54, 1.807) is 13.8 Å². The van der Waals surface area contributed by atoms with Crippen molar-refractivity contribution in [2.45, 2.75) is 31.2 Å². The van der Waals surface area contributed by atoms with Gasteiger partial charge >= 0.3 is 6.18 Å². The average molecular weight is 518 g/mol. The Hall–Kier alpha value is -4.08. The summed E-state index contributed by atoms with van der Waals surface area (Å²) in [5.74, 6) is 3.04. The summed E-state index contributed by atoms with van der Waals surface area (Å²) in [5, 5.41) is 14.4. The van der Waals surface area contributed by atoms with E-state index in [0.717, 1.165) is 22.8 Å². The molecule has 0 saturated carbocycles. The minimum atomic E-state index is -5.20. The van der Waals surface area contributed by atoms with Crippen molar-refractivity contribution in [2.75, 3.05) is 5.32 Å². The summed E-state index contributed by atoms with van der Waals surface area (Å²) in [5.41, 5.74) is -3.44. The van der Waals surface area contributed by atoms with Crippen LogP contribution in [0, 0.1) is 23.6 Å². The molecule has 0 aliphatic carbocycles. The van der Waals surface area contributed by atoms with Gasteiger partial charge in [-0.1, -0.05) is 117 Å². The molecule has 4 aromatic carbocycles. The minimum absolute atomic E-state index is 0.110. The van der Waals surface area contributed by atoms with Crippen LogP contribution < -0.4 is 5.32 Å². The monoisotopic (exact) mass is 517 g/mol. The van der Waals surface area contributed by atoms with Crippen LogP contribution in [0.3, 0.4) is 0 Å². The van der Waals surface area contributed by atoms with Gasteiger partial charge in [0, 0.05) is 17.2 Å². The first-order chi connectivity index (χ1) is 18.1. The molecular weight excluding hydrogens is 490 g/mol. The normalized spacial score (nSPS) is 13.4. The van der Waals surface area contributed by atoms with E-state index in [2.05, 4.69) is 11.2 Å². The van der Waals surface area contributed by atoms with Crippen molar-refractivity contribution in [3.8, 4) is 11.8 Å². The summed E-state index contributed by atoms with van der Waals surface area (Å²) in [7, 11) is 0. The molecule has 38 heavy (non-hydrogen) atoms. The molecule has 0 aliphatic heterocycles. The lowest BCUT2D eigenvalue weighted by Crippen LogP contribution is -2.44. The molecule has 2 nitrogen and oxygen atoms in total. The molecule has 0 amide bonds. The summed E-state index contributed by atoms with van der Waals surface area (Å²) in [6.45, 7) is 3.22. The number of benzene rings is 4. The first kappa shape index (κ1) is 27.0. The second-order valence-corrected chi connectivity index (χ2v) is 9.30. The maximum Gasteiger partial charge on any atom is 0.433 e. The Bertz CT molecular complexity index is 1330. The van der Waals surface area contributed by atoms with Gasteiger partial charge in [-0.05, 0) is 34.9 Å². The van der Waals surface area contributed by atoms with Crippen LogP contribution in [0.1, 0.15) is 36.1 Å². The predicted molar refractivity (Wildman–Crippen MR) is 142 cm³/mol. The molecule has 6 heteroatoms. The summed E-state index contributed by atoms with van der Waals surface area (Å²) >= 11 is 0. The van der Waals surface area contributed by atoms with Crippen LogP contribution in [0.4, 0.5) is 23.2 Å². The Morgan fingerprint density at radius 3 is 1.55 bits per heavy atom. The van der Waals surface area contributed by atoms with Crippen LogP contribution >= 0.6 is 0 Å². The van der Waals surface area contributed by atoms with Gasteiger partial charge in [0.25, 0.3) is 0 Å². The topological polar surface area (TPSA) is 32.3 Å². The fourth-order valence-electron chi connectivity index (χ4n) is 4.45. The molecule has 0 fully saturated rings. The Kier molecular flexibility index (Phi) is 7.61. The predicted octanol–water partition coefficient (Wildman–Crippen LogP) is 7.64. The fourth-order valence-corrected chi connectivity index (χ4v) is 4.45. The molecule has 0 saturated heterocycles. The fraction of sp³-hybridized carbons (Fsp3) is 0.188. The van der Waals surface area contributed by atoms with Crippen LogP contribution in [-0.4, -0.2) is 11.3 Å². The third-order valence-corrected chi connectivity index (χ3v) is 6.27. The van der Waals surface area contributed by atoms with Gasteiger partial charge in [0.1, 0.15) is 11.4 Å². The lowest BCUT2D eigenvalue weighted by molar-refractivity contribution is -0.240. The zero-order valence-electron chi connectivity index (χ0n) is 20.9. The molecule has 0 radical (unpaired) electrons. The molecule has 194 valence electrons. The van der Waals surface area contributed by atoms with Crippen molar-refractivity contribution in [3.63, 3.8) is 0 Å². The molecular formula is C32H27F4NO. The highest BCUT2D eigenvalue weighted by Crippen LogP contribution is 2.46. The highest BCUT2D eigenvalue weighted by molar-refractivity contribution is 5.65. The first-order valence-electron chi connectivity index (χ1n) is 12.1. The third-order valence-electron chi connectivity index (χ3n) is 6.27. The number of anilines is 1. The summed E-state index contributed by atoms with van der Waals surface area (Å²) in [6.07, 6.45) is -5.20.